The first-order chi connectivity index (χ1) is 16.6. The molecule has 0 N–H and O–H groups in total. The van der Waals surface area contributed by atoms with E-state index >= 15 is 0 Å². The molecule has 34 heavy (non-hydrogen) atoms. The van der Waals surface area contributed by atoms with Crippen molar-refractivity contribution in [3.63, 3.8) is 0 Å². The maximum absolute atomic E-state index is 13.0. The number of fused-ring (bicyclic) bond motifs is 3. The second kappa shape index (κ2) is 8.48. The van der Waals surface area contributed by atoms with Gasteiger partial charge in [-0.3, -0.25) is 9.59 Å². The van der Waals surface area contributed by atoms with Crippen LogP contribution < -0.4 is 0 Å². The summed E-state index contributed by atoms with van der Waals surface area (Å²) in [4.78, 5) is 35.3. The van der Waals surface area contributed by atoms with Crippen molar-refractivity contribution in [2.24, 2.45) is 0 Å². The van der Waals surface area contributed by atoms with Crippen molar-refractivity contribution >= 4 is 66.7 Å². The molecule has 8 heteroatoms. The molecule has 0 bridgehead atoms. The number of furan rings is 2. The second-order valence-corrected chi connectivity index (χ2v) is 9.32. The van der Waals surface area contributed by atoms with Crippen molar-refractivity contribution < 1.29 is 18.4 Å². The lowest BCUT2D eigenvalue weighted by Gasteiger charge is -2.07. The summed E-state index contributed by atoms with van der Waals surface area (Å²) in [5.41, 5.74) is 2.52. The number of hydrogen-bond acceptors (Lipinski definition) is 8. The van der Waals surface area contributed by atoms with E-state index in [1.807, 2.05) is 60.7 Å². The van der Waals surface area contributed by atoms with E-state index in [1.165, 1.54) is 0 Å². The second-order valence-electron chi connectivity index (χ2n) is 7.40. The van der Waals surface area contributed by atoms with Gasteiger partial charge in [-0.25, -0.2) is 9.97 Å². The van der Waals surface area contributed by atoms with Crippen LogP contribution in [-0.4, -0.2) is 20.2 Å². The lowest BCUT2D eigenvalue weighted by Crippen LogP contribution is -1.99. The maximum Gasteiger partial charge on any atom is 0.260 e. The zero-order chi connectivity index (χ0) is 23.1. The van der Waals surface area contributed by atoms with Crippen molar-refractivity contribution in [2.45, 2.75) is 10.1 Å². The molecular weight excluding hydrogens is 468 g/mol. The Kier molecular flexibility index (Phi) is 5.16. The van der Waals surface area contributed by atoms with Gasteiger partial charge in [0.1, 0.15) is 21.2 Å². The molecule has 0 aliphatic carbocycles. The van der Waals surface area contributed by atoms with Gasteiger partial charge in [0.15, 0.2) is 11.5 Å². The maximum atomic E-state index is 13.0. The standard InChI is InChI=1S/C26H14N2O4S2/c29-25(21-13-15-7-1-5-11-19(15)31-21)33-23-24(28-18-10-4-3-9-17(18)27-23)34-26(30)22-14-16-8-2-6-12-20(16)32-22/h1-14H. The number of thioether (sulfide) groups is 2. The molecule has 0 aliphatic heterocycles. The Morgan fingerprint density at radius 2 is 1.00 bits per heavy atom. The summed E-state index contributed by atoms with van der Waals surface area (Å²) in [6, 6.07) is 25.5. The molecule has 3 aromatic carbocycles. The Labute approximate surface area is 201 Å². The van der Waals surface area contributed by atoms with Gasteiger partial charge in [0.2, 0.25) is 0 Å². The van der Waals surface area contributed by atoms with Gasteiger partial charge >= 0.3 is 0 Å². The molecule has 0 saturated heterocycles. The van der Waals surface area contributed by atoms with E-state index in [-0.39, 0.29) is 21.8 Å². The van der Waals surface area contributed by atoms with E-state index in [0.717, 1.165) is 34.3 Å². The molecular formula is C26H14N2O4S2. The minimum Gasteiger partial charge on any atom is -0.452 e. The molecule has 3 aromatic heterocycles. The van der Waals surface area contributed by atoms with Gasteiger partial charge in [0, 0.05) is 10.8 Å². The fourth-order valence-electron chi connectivity index (χ4n) is 3.54. The van der Waals surface area contributed by atoms with E-state index in [1.54, 1.807) is 24.3 Å². The summed E-state index contributed by atoms with van der Waals surface area (Å²) < 4.78 is 11.4. The van der Waals surface area contributed by atoms with E-state index in [4.69, 9.17) is 8.83 Å². The minimum absolute atomic E-state index is 0.209. The topological polar surface area (TPSA) is 86.2 Å². The number of carbonyl (C=O) groups is 2. The molecule has 0 aliphatic rings. The minimum atomic E-state index is -0.321. The molecule has 164 valence electrons. The van der Waals surface area contributed by atoms with E-state index in [2.05, 4.69) is 9.97 Å². The highest BCUT2D eigenvalue weighted by molar-refractivity contribution is 8.16. The number of rotatable bonds is 4. The van der Waals surface area contributed by atoms with Crippen molar-refractivity contribution in [1.82, 2.24) is 9.97 Å². The third-order valence-corrected chi connectivity index (χ3v) is 7.00. The first kappa shape index (κ1) is 20.7. The number of carbonyl (C=O) groups excluding carboxylic acids is 2. The Morgan fingerprint density at radius 3 is 1.44 bits per heavy atom. The third kappa shape index (κ3) is 3.87. The van der Waals surface area contributed by atoms with Crippen molar-refractivity contribution in [3.05, 3.63) is 96.4 Å². The van der Waals surface area contributed by atoms with Crippen LogP contribution in [0.2, 0.25) is 0 Å². The number of hydrogen-bond donors (Lipinski definition) is 0. The average Bonchev–Trinajstić information content (AvgIpc) is 3.49. The summed E-state index contributed by atoms with van der Waals surface area (Å²) in [6.07, 6.45) is 0. The molecule has 0 saturated carbocycles. The van der Waals surface area contributed by atoms with Crippen LogP contribution in [0.3, 0.4) is 0 Å². The van der Waals surface area contributed by atoms with Gasteiger partial charge in [-0.15, -0.1) is 0 Å². The SMILES string of the molecule is O=C(Sc1nc2ccccc2nc1SC(=O)c1cc2ccccc2o1)c1cc2ccccc2o1. The van der Waals surface area contributed by atoms with Crippen molar-refractivity contribution in [2.75, 3.05) is 0 Å². The lowest BCUT2D eigenvalue weighted by atomic mass is 10.2. The molecule has 6 rings (SSSR count). The molecule has 0 amide bonds. The Hall–Kier alpha value is -3.88. The monoisotopic (exact) mass is 482 g/mol. The largest absolute Gasteiger partial charge is 0.452 e. The van der Waals surface area contributed by atoms with E-state index in [9.17, 15) is 9.59 Å². The van der Waals surface area contributed by atoms with Crippen LogP contribution in [0.15, 0.2) is 104 Å². The lowest BCUT2D eigenvalue weighted by molar-refractivity contribution is 0.105. The van der Waals surface area contributed by atoms with Crippen LogP contribution in [0, 0.1) is 0 Å². The van der Waals surface area contributed by atoms with Crippen molar-refractivity contribution in [1.29, 1.82) is 0 Å². The molecule has 6 aromatic rings. The van der Waals surface area contributed by atoms with E-state index < -0.39 is 0 Å². The van der Waals surface area contributed by atoms with Crippen LogP contribution in [0.5, 0.6) is 0 Å². The molecule has 0 unspecified atom stereocenters. The quantitative estimate of drug-likeness (QED) is 0.249. The van der Waals surface area contributed by atoms with Gasteiger partial charge in [0.05, 0.1) is 11.0 Å². The number of para-hydroxylation sites is 4. The number of nitrogens with zero attached hydrogens (tertiary/aromatic N) is 2. The molecule has 0 fully saturated rings. The van der Waals surface area contributed by atoms with Crippen LogP contribution in [0.25, 0.3) is 33.0 Å². The smallest absolute Gasteiger partial charge is 0.260 e. The summed E-state index contributed by atoms with van der Waals surface area (Å²) in [5.74, 6) is 0.418. The first-order valence-corrected chi connectivity index (χ1v) is 12.0. The fourth-order valence-corrected chi connectivity index (χ4v) is 5.10. The predicted molar refractivity (Wildman–Crippen MR) is 132 cm³/mol. The van der Waals surface area contributed by atoms with Gasteiger partial charge < -0.3 is 8.83 Å². The zero-order valence-corrected chi connectivity index (χ0v) is 19.1. The highest BCUT2D eigenvalue weighted by Crippen LogP contribution is 2.35. The molecule has 3 heterocycles. The zero-order valence-electron chi connectivity index (χ0n) is 17.4. The molecule has 0 radical (unpaired) electrons. The average molecular weight is 483 g/mol. The van der Waals surface area contributed by atoms with Crippen LogP contribution in [0.1, 0.15) is 21.1 Å². The predicted octanol–water partition coefficient (Wildman–Crippen LogP) is 6.99. The Bertz CT molecular complexity index is 1530. The molecule has 0 atom stereocenters. The first-order valence-electron chi connectivity index (χ1n) is 10.3. The third-order valence-electron chi connectivity index (χ3n) is 5.14. The highest BCUT2D eigenvalue weighted by atomic mass is 32.2. The van der Waals surface area contributed by atoms with Crippen molar-refractivity contribution in [3.8, 4) is 0 Å². The fraction of sp³-hybridized carbons (Fsp3) is 0. The van der Waals surface area contributed by atoms with Gasteiger partial charge in [0.25, 0.3) is 10.2 Å². The molecule has 6 nitrogen and oxygen atoms in total. The van der Waals surface area contributed by atoms with Gasteiger partial charge in [-0.2, -0.15) is 0 Å². The summed E-state index contributed by atoms with van der Waals surface area (Å²) >= 11 is 1.77. The molecule has 0 spiro atoms. The summed E-state index contributed by atoms with van der Waals surface area (Å²) in [7, 11) is 0. The van der Waals surface area contributed by atoms with Crippen LogP contribution in [-0.2, 0) is 0 Å². The summed E-state index contributed by atoms with van der Waals surface area (Å²) in [5, 5.41) is 1.70. The number of aromatic nitrogens is 2. The Morgan fingerprint density at radius 1 is 0.588 bits per heavy atom. The van der Waals surface area contributed by atoms with Gasteiger partial charge in [-0.05, 0) is 59.9 Å². The normalized spacial score (nSPS) is 11.4. The van der Waals surface area contributed by atoms with Crippen LogP contribution >= 0.6 is 23.5 Å². The highest BCUT2D eigenvalue weighted by Gasteiger charge is 2.22. The van der Waals surface area contributed by atoms with Crippen LogP contribution in [0.4, 0.5) is 0 Å². The van der Waals surface area contributed by atoms with Gasteiger partial charge in [-0.1, -0.05) is 48.5 Å². The number of benzene rings is 3. The summed E-state index contributed by atoms with van der Waals surface area (Å²) in [6.45, 7) is 0. The Balaban J connectivity index is 1.35. The van der Waals surface area contributed by atoms with E-state index in [0.29, 0.717) is 32.3 Å².